The van der Waals surface area contributed by atoms with E-state index in [2.05, 4.69) is 6.58 Å². The molecule has 12 heavy (non-hydrogen) atoms. The van der Waals surface area contributed by atoms with Crippen molar-refractivity contribution in [2.24, 2.45) is 0 Å². The van der Waals surface area contributed by atoms with Crippen LogP contribution < -0.4 is 0 Å². The summed E-state index contributed by atoms with van der Waals surface area (Å²) in [5, 5.41) is 9.57. The Labute approximate surface area is 72.4 Å². The quantitative estimate of drug-likeness (QED) is 0.659. The van der Waals surface area contributed by atoms with Gasteiger partial charge in [0.2, 0.25) is 0 Å². The van der Waals surface area contributed by atoms with Crippen LogP contribution in [0.4, 0.5) is 0 Å². The van der Waals surface area contributed by atoms with E-state index in [1.54, 1.807) is 6.07 Å². The molecule has 62 valence electrons. The topological polar surface area (TPSA) is 20.2 Å². The second-order valence-corrected chi connectivity index (χ2v) is 3.38. The van der Waals surface area contributed by atoms with Gasteiger partial charge in [0.1, 0.15) is 5.75 Å². The molecule has 0 saturated heterocycles. The molecule has 1 heteroatoms. The van der Waals surface area contributed by atoms with Crippen molar-refractivity contribution in [3.8, 4) is 5.75 Å². The highest BCUT2D eigenvalue weighted by Gasteiger charge is 2.42. The van der Waals surface area contributed by atoms with Gasteiger partial charge in [0.05, 0.1) is 0 Å². The fourth-order valence-corrected chi connectivity index (χ4v) is 1.61. The smallest absolute Gasteiger partial charge is 0.119 e. The number of hydrogen-bond acceptors (Lipinski definition) is 1. The lowest BCUT2D eigenvalue weighted by molar-refractivity contribution is 0.464. The molecule has 1 aromatic carbocycles. The molecule has 0 heterocycles. The predicted octanol–water partition coefficient (Wildman–Crippen LogP) is 2.61. The normalized spacial score (nSPS) is 18.7. The van der Waals surface area contributed by atoms with Gasteiger partial charge in [-0.3, -0.25) is 0 Å². The minimum Gasteiger partial charge on any atom is -0.508 e. The molecule has 1 aliphatic carbocycles. The van der Waals surface area contributed by atoms with Crippen molar-refractivity contribution in [1.29, 1.82) is 0 Å². The summed E-state index contributed by atoms with van der Waals surface area (Å²) < 4.78 is 0. The van der Waals surface area contributed by atoms with Crippen molar-refractivity contribution in [2.75, 3.05) is 0 Å². The first-order valence-corrected chi connectivity index (χ1v) is 4.20. The zero-order valence-electron chi connectivity index (χ0n) is 6.96. The average molecular weight is 160 g/mol. The lowest BCUT2D eigenvalue weighted by atomic mass is 9.95. The van der Waals surface area contributed by atoms with Crippen LogP contribution in [0, 0.1) is 0 Å². The molecular formula is C11H12O. The van der Waals surface area contributed by atoms with E-state index >= 15 is 0 Å². The number of phenols is 1. The van der Waals surface area contributed by atoms with E-state index in [0.717, 1.165) is 18.4 Å². The van der Waals surface area contributed by atoms with Crippen molar-refractivity contribution in [3.05, 3.63) is 42.5 Å². The van der Waals surface area contributed by atoms with Crippen LogP contribution in [-0.4, -0.2) is 5.11 Å². The van der Waals surface area contributed by atoms with Gasteiger partial charge in [-0.15, -0.1) is 6.58 Å². The van der Waals surface area contributed by atoms with E-state index < -0.39 is 0 Å². The van der Waals surface area contributed by atoms with Gasteiger partial charge in [-0.1, -0.05) is 24.3 Å². The maximum absolute atomic E-state index is 9.57. The lowest BCUT2D eigenvalue weighted by Gasteiger charge is -2.10. The molecular weight excluding hydrogens is 148 g/mol. The van der Waals surface area contributed by atoms with Gasteiger partial charge >= 0.3 is 0 Å². The molecule has 0 radical (unpaired) electrons. The SMILES string of the molecule is C=CC1(c2ccccc2O)CC1. The van der Waals surface area contributed by atoms with E-state index in [9.17, 15) is 5.11 Å². The Balaban J connectivity index is 2.46. The predicted molar refractivity (Wildman–Crippen MR) is 49.2 cm³/mol. The summed E-state index contributed by atoms with van der Waals surface area (Å²) in [7, 11) is 0. The Bertz CT molecular complexity index is 311. The van der Waals surface area contributed by atoms with E-state index in [-0.39, 0.29) is 5.41 Å². The van der Waals surface area contributed by atoms with Gasteiger partial charge in [-0.2, -0.15) is 0 Å². The molecule has 0 bridgehead atoms. The second kappa shape index (κ2) is 2.37. The summed E-state index contributed by atoms with van der Waals surface area (Å²) in [6.07, 6.45) is 4.18. The van der Waals surface area contributed by atoms with Crippen LogP contribution in [0.25, 0.3) is 0 Å². The molecule has 1 aliphatic rings. The summed E-state index contributed by atoms with van der Waals surface area (Å²) >= 11 is 0. The summed E-state index contributed by atoms with van der Waals surface area (Å²) in [4.78, 5) is 0. The summed E-state index contributed by atoms with van der Waals surface area (Å²) in [5.74, 6) is 0.398. The lowest BCUT2D eigenvalue weighted by Crippen LogP contribution is -2.00. The van der Waals surface area contributed by atoms with E-state index in [1.165, 1.54) is 0 Å². The molecule has 0 spiro atoms. The summed E-state index contributed by atoms with van der Waals surface area (Å²) in [6.45, 7) is 3.80. The van der Waals surface area contributed by atoms with Crippen LogP contribution in [0.15, 0.2) is 36.9 Å². The molecule has 0 atom stereocenters. The first-order valence-electron chi connectivity index (χ1n) is 4.20. The number of para-hydroxylation sites is 1. The zero-order chi connectivity index (χ0) is 8.60. The molecule has 0 unspecified atom stereocenters. The number of allylic oxidation sites excluding steroid dienone is 1. The summed E-state index contributed by atoms with van der Waals surface area (Å²) in [5.41, 5.74) is 1.12. The van der Waals surface area contributed by atoms with E-state index in [1.807, 2.05) is 24.3 Å². The first-order chi connectivity index (χ1) is 5.78. The molecule has 1 fully saturated rings. The third-order valence-corrected chi connectivity index (χ3v) is 2.62. The van der Waals surface area contributed by atoms with Crippen molar-refractivity contribution in [1.82, 2.24) is 0 Å². The van der Waals surface area contributed by atoms with Crippen LogP contribution in [0.5, 0.6) is 5.75 Å². The van der Waals surface area contributed by atoms with Crippen LogP contribution in [-0.2, 0) is 5.41 Å². The minimum absolute atomic E-state index is 0.0886. The number of phenolic OH excluding ortho intramolecular Hbond substituents is 1. The van der Waals surface area contributed by atoms with Crippen molar-refractivity contribution in [3.63, 3.8) is 0 Å². The van der Waals surface area contributed by atoms with Gasteiger partial charge in [-0.05, 0) is 18.9 Å². The minimum atomic E-state index is 0.0886. The fraction of sp³-hybridized carbons (Fsp3) is 0.273. The molecule has 1 aromatic rings. The number of hydrogen-bond donors (Lipinski definition) is 1. The third kappa shape index (κ3) is 0.934. The maximum atomic E-state index is 9.57. The van der Waals surface area contributed by atoms with Gasteiger partial charge in [0.15, 0.2) is 0 Å². The van der Waals surface area contributed by atoms with Crippen LogP contribution in [0.3, 0.4) is 0 Å². The Morgan fingerprint density at radius 3 is 2.50 bits per heavy atom. The van der Waals surface area contributed by atoms with Gasteiger partial charge in [-0.25, -0.2) is 0 Å². The zero-order valence-corrected chi connectivity index (χ0v) is 6.96. The van der Waals surface area contributed by atoms with Crippen LogP contribution in [0.2, 0.25) is 0 Å². The fourth-order valence-electron chi connectivity index (χ4n) is 1.61. The Morgan fingerprint density at radius 1 is 1.33 bits per heavy atom. The van der Waals surface area contributed by atoms with Crippen LogP contribution in [0.1, 0.15) is 18.4 Å². The molecule has 0 amide bonds. The molecule has 0 aliphatic heterocycles. The monoisotopic (exact) mass is 160 g/mol. The first kappa shape index (κ1) is 7.41. The third-order valence-electron chi connectivity index (χ3n) is 2.62. The highest BCUT2D eigenvalue weighted by Crippen LogP contribution is 2.51. The maximum Gasteiger partial charge on any atom is 0.119 e. The average Bonchev–Trinajstić information content (AvgIpc) is 2.86. The molecule has 1 N–H and O–H groups in total. The molecule has 1 saturated carbocycles. The standard InChI is InChI=1S/C11H12O/c1-2-11(7-8-11)9-5-3-4-6-10(9)12/h2-6,12H,1,7-8H2. The Hall–Kier alpha value is -1.24. The van der Waals surface area contributed by atoms with Crippen molar-refractivity contribution in [2.45, 2.75) is 18.3 Å². The number of benzene rings is 1. The Morgan fingerprint density at radius 2 is 2.00 bits per heavy atom. The van der Waals surface area contributed by atoms with Crippen molar-refractivity contribution >= 4 is 0 Å². The van der Waals surface area contributed by atoms with Crippen molar-refractivity contribution < 1.29 is 5.11 Å². The van der Waals surface area contributed by atoms with Gasteiger partial charge < -0.3 is 5.11 Å². The largest absolute Gasteiger partial charge is 0.508 e. The highest BCUT2D eigenvalue weighted by atomic mass is 16.3. The molecule has 2 rings (SSSR count). The van der Waals surface area contributed by atoms with Gasteiger partial charge in [0, 0.05) is 11.0 Å². The summed E-state index contributed by atoms with van der Waals surface area (Å²) in [6, 6.07) is 7.51. The van der Waals surface area contributed by atoms with Crippen LogP contribution >= 0.6 is 0 Å². The number of rotatable bonds is 2. The number of aromatic hydroxyl groups is 1. The van der Waals surface area contributed by atoms with E-state index in [0.29, 0.717) is 5.75 Å². The molecule has 1 nitrogen and oxygen atoms in total. The Kier molecular flexibility index (Phi) is 1.47. The molecule has 0 aromatic heterocycles. The second-order valence-electron chi connectivity index (χ2n) is 3.38. The highest BCUT2D eigenvalue weighted by molar-refractivity contribution is 5.45. The van der Waals surface area contributed by atoms with Gasteiger partial charge in [0.25, 0.3) is 0 Å². The van der Waals surface area contributed by atoms with E-state index in [4.69, 9.17) is 0 Å².